The van der Waals surface area contributed by atoms with Crippen molar-refractivity contribution in [1.82, 2.24) is 9.99 Å². The predicted molar refractivity (Wildman–Crippen MR) is 69.6 cm³/mol. The number of carbonyl (C=O) groups excluding carboxylic acids is 1. The quantitative estimate of drug-likeness (QED) is 0.469. The standard InChI is InChI=1S/C13H23N3O/c1-9(2)5-6-11-7-8-12(13(17)15-14)16(11)10(3)4/h7-10H,5-6,14H2,1-4H3,(H,15,17). The second-order valence-corrected chi connectivity index (χ2v) is 5.08. The maximum atomic E-state index is 11.6. The molecular formula is C13H23N3O. The normalized spacial score (nSPS) is 11.2. The highest BCUT2D eigenvalue weighted by Crippen LogP contribution is 2.19. The van der Waals surface area contributed by atoms with E-state index in [1.807, 2.05) is 12.1 Å². The molecule has 17 heavy (non-hydrogen) atoms. The van der Waals surface area contributed by atoms with E-state index in [9.17, 15) is 4.79 Å². The summed E-state index contributed by atoms with van der Waals surface area (Å²) in [5.74, 6) is 5.63. The lowest BCUT2D eigenvalue weighted by molar-refractivity contribution is 0.0942. The Balaban J connectivity index is 2.98. The molecule has 0 radical (unpaired) electrons. The van der Waals surface area contributed by atoms with Gasteiger partial charge in [0.1, 0.15) is 5.69 Å². The maximum Gasteiger partial charge on any atom is 0.281 e. The Morgan fingerprint density at radius 3 is 2.47 bits per heavy atom. The maximum absolute atomic E-state index is 11.6. The zero-order valence-corrected chi connectivity index (χ0v) is 11.2. The third kappa shape index (κ3) is 3.33. The van der Waals surface area contributed by atoms with Gasteiger partial charge in [-0.25, -0.2) is 5.84 Å². The Morgan fingerprint density at radius 2 is 2.00 bits per heavy atom. The zero-order chi connectivity index (χ0) is 13.0. The number of hydrazine groups is 1. The van der Waals surface area contributed by atoms with Crippen LogP contribution in [-0.4, -0.2) is 10.5 Å². The highest BCUT2D eigenvalue weighted by Gasteiger charge is 2.16. The lowest BCUT2D eigenvalue weighted by Crippen LogP contribution is -2.32. The van der Waals surface area contributed by atoms with Crippen LogP contribution >= 0.6 is 0 Å². The van der Waals surface area contributed by atoms with Gasteiger partial charge in [0.15, 0.2) is 0 Å². The summed E-state index contributed by atoms with van der Waals surface area (Å²) in [6.07, 6.45) is 2.12. The van der Waals surface area contributed by atoms with Gasteiger partial charge in [0, 0.05) is 11.7 Å². The van der Waals surface area contributed by atoms with Crippen LogP contribution in [-0.2, 0) is 6.42 Å². The van der Waals surface area contributed by atoms with Crippen LogP contribution < -0.4 is 11.3 Å². The van der Waals surface area contributed by atoms with E-state index < -0.39 is 0 Å². The van der Waals surface area contributed by atoms with E-state index in [2.05, 4.69) is 37.7 Å². The van der Waals surface area contributed by atoms with Gasteiger partial charge in [-0.1, -0.05) is 13.8 Å². The number of hydrogen-bond acceptors (Lipinski definition) is 2. The van der Waals surface area contributed by atoms with Crippen LogP contribution in [0.3, 0.4) is 0 Å². The summed E-state index contributed by atoms with van der Waals surface area (Å²) in [6.45, 7) is 8.56. The molecule has 0 unspecified atom stereocenters. The zero-order valence-electron chi connectivity index (χ0n) is 11.2. The summed E-state index contributed by atoms with van der Waals surface area (Å²) >= 11 is 0. The molecule has 0 aliphatic rings. The highest BCUT2D eigenvalue weighted by molar-refractivity contribution is 5.92. The summed E-state index contributed by atoms with van der Waals surface area (Å²) in [5.41, 5.74) is 4.04. The fraction of sp³-hybridized carbons (Fsp3) is 0.615. The first-order chi connectivity index (χ1) is 7.97. The molecule has 96 valence electrons. The van der Waals surface area contributed by atoms with Crippen LogP contribution in [0.4, 0.5) is 0 Å². The van der Waals surface area contributed by atoms with Crippen molar-refractivity contribution in [2.24, 2.45) is 11.8 Å². The van der Waals surface area contributed by atoms with E-state index in [0.717, 1.165) is 12.8 Å². The number of nitrogens with two attached hydrogens (primary N) is 1. The molecule has 1 aromatic rings. The Bertz CT molecular complexity index is 380. The number of aryl methyl sites for hydroxylation is 1. The third-order valence-electron chi connectivity index (χ3n) is 2.86. The van der Waals surface area contributed by atoms with Gasteiger partial charge in [0.05, 0.1) is 0 Å². The first-order valence-electron chi connectivity index (χ1n) is 6.18. The lowest BCUT2D eigenvalue weighted by atomic mass is 10.1. The molecule has 0 spiro atoms. The number of rotatable bonds is 5. The molecule has 1 amide bonds. The second kappa shape index (κ2) is 5.87. The number of aromatic nitrogens is 1. The molecule has 0 aliphatic heterocycles. The van der Waals surface area contributed by atoms with Crippen LogP contribution in [0.5, 0.6) is 0 Å². The Kier molecular flexibility index (Phi) is 4.75. The highest BCUT2D eigenvalue weighted by atomic mass is 16.2. The average molecular weight is 237 g/mol. The second-order valence-electron chi connectivity index (χ2n) is 5.08. The summed E-state index contributed by atoms with van der Waals surface area (Å²) < 4.78 is 2.06. The number of nitrogen functional groups attached to an aromatic ring is 1. The molecule has 1 aromatic heterocycles. The summed E-state index contributed by atoms with van der Waals surface area (Å²) in [4.78, 5) is 11.6. The number of nitrogens with zero attached hydrogens (tertiary/aromatic N) is 1. The molecule has 4 nitrogen and oxygen atoms in total. The molecule has 0 saturated carbocycles. The minimum atomic E-state index is -0.227. The Labute approximate surface area is 103 Å². The molecule has 3 N–H and O–H groups in total. The van der Waals surface area contributed by atoms with Crippen molar-refractivity contribution in [2.75, 3.05) is 0 Å². The van der Waals surface area contributed by atoms with Crippen LogP contribution in [0.25, 0.3) is 0 Å². The molecule has 0 aromatic carbocycles. The fourth-order valence-electron chi connectivity index (χ4n) is 2.00. The summed E-state index contributed by atoms with van der Waals surface area (Å²) in [7, 11) is 0. The smallest absolute Gasteiger partial charge is 0.281 e. The molecular weight excluding hydrogens is 214 g/mol. The minimum absolute atomic E-state index is 0.227. The van der Waals surface area contributed by atoms with Crippen LogP contribution in [0.15, 0.2) is 12.1 Å². The lowest BCUT2D eigenvalue weighted by Gasteiger charge is -2.17. The van der Waals surface area contributed by atoms with E-state index in [1.54, 1.807) is 0 Å². The van der Waals surface area contributed by atoms with E-state index in [4.69, 9.17) is 5.84 Å². The number of hydrogen-bond donors (Lipinski definition) is 2. The molecule has 4 heteroatoms. The van der Waals surface area contributed by atoms with Crippen LogP contribution in [0.1, 0.15) is 56.3 Å². The topological polar surface area (TPSA) is 60.1 Å². The number of nitrogens with one attached hydrogen (secondary N) is 1. The summed E-state index contributed by atoms with van der Waals surface area (Å²) in [5, 5.41) is 0. The average Bonchev–Trinajstić information content (AvgIpc) is 2.68. The fourth-order valence-corrected chi connectivity index (χ4v) is 2.00. The van der Waals surface area contributed by atoms with Crippen LogP contribution in [0.2, 0.25) is 0 Å². The van der Waals surface area contributed by atoms with E-state index in [1.165, 1.54) is 5.69 Å². The van der Waals surface area contributed by atoms with Crippen molar-refractivity contribution in [2.45, 2.75) is 46.6 Å². The SMILES string of the molecule is CC(C)CCc1ccc(C(=O)NN)n1C(C)C. The van der Waals surface area contributed by atoms with Crippen LogP contribution in [0, 0.1) is 5.92 Å². The van der Waals surface area contributed by atoms with Crippen molar-refractivity contribution in [3.8, 4) is 0 Å². The molecule has 1 rings (SSSR count). The third-order valence-corrected chi connectivity index (χ3v) is 2.86. The van der Waals surface area contributed by atoms with Crippen molar-refractivity contribution >= 4 is 5.91 Å². The van der Waals surface area contributed by atoms with E-state index in [0.29, 0.717) is 11.6 Å². The van der Waals surface area contributed by atoms with Gasteiger partial charge in [0.2, 0.25) is 0 Å². The van der Waals surface area contributed by atoms with Crippen molar-refractivity contribution < 1.29 is 4.79 Å². The number of carbonyl (C=O) groups is 1. The minimum Gasteiger partial charge on any atom is -0.338 e. The van der Waals surface area contributed by atoms with Crippen molar-refractivity contribution in [3.05, 3.63) is 23.5 Å². The van der Waals surface area contributed by atoms with Gasteiger partial charge in [-0.05, 0) is 44.7 Å². The van der Waals surface area contributed by atoms with E-state index >= 15 is 0 Å². The predicted octanol–water partition coefficient (Wildman–Crippen LogP) is 2.26. The van der Waals surface area contributed by atoms with Gasteiger partial charge in [-0.3, -0.25) is 10.2 Å². The van der Waals surface area contributed by atoms with Crippen molar-refractivity contribution in [1.29, 1.82) is 0 Å². The summed E-state index contributed by atoms with van der Waals surface area (Å²) in [6, 6.07) is 4.13. The van der Waals surface area contributed by atoms with Gasteiger partial charge < -0.3 is 4.57 Å². The monoisotopic (exact) mass is 237 g/mol. The molecule has 1 heterocycles. The molecule has 0 saturated heterocycles. The Hall–Kier alpha value is -1.29. The molecule has 0 bridgehead atoms. The van der Waals surface area contributed by atoms with Gasteiger partial charge in [-0.2, -0.15) is 0 Å². The first-order valence-corrected chi connectivity index (χ1v) is 6.18. The first kappa shape index (κ1) is 13.8. The van der Waals surface area contributed by atoms with E-state index in [-0.39, 0.29) is 11.9 Å². The van der Waals surface area contributed by atoms with Gasteiger partial charge in [-0.15, -0.1) is 0 Å². The van der Waals surface area contributed by atoms with Gasteiger partial charge in [0.25, 0.3) is 5.91 Å². The number of amides is 1. The largest absolute Gasteiger partial charge is 0.338 e. The molecule has 0 aliphatic carbocycles. The molecule has 0 fully saturated rings. The Morgan fingerprint density at radius 1 is 1.35 bits per heavy atom. The van der Waals surface area contributed by atoms with Gasteiger partial charge >= 0.3 is 0 Å². The van der Waals surface area contributed by atoms with Crippen molar-refractivity contribution in [3.63, 3.8) is 0 Å². The molecule has 0 atom stereocenters.